The van der Waals surface area contributed by atoms with Crippen molar-refractivity contribution in [2.45, 2.75) is 32.2 Å². The van der Waals surface area contributed by atoms with E-state index in [0.29, 0.717) is 23.6 Å². The summed E-state index contributed by atoms with van der Waals surface area (Å²) in [5, 5.41) is 4.40. The third-order valence-electron chi connectivity index (χ3n) is 4.55. The standard InChI is InChI=1S/C20H22N4O2S2/c1-11-12(2)18(19(21)26)20(23-13(11)3)27-10-16(25)22-9-8-17-24-14-6-4-5-7-15(14)28-17/h4-7H,8-10H2,1-3H3,(H2,21,26)(H,22,25). The topological polar surface area (TPSA) is 98.0 Å². The van der Waals surface area contributed by atoms with Crippen molar-refractivity contribution >= 4 is 45.1 Å². The van der Waals surface area contributed by atoms with Crippen LogP contribution in [0.1, 0.15) is 32.2 Å². The first-order chi connectivity index (χ1) is 13.4. The van der Waals surface area contributed by atoms with Gasteiger partial charge < -0.3 is 11.1 Å². The Kier molecular flexibility index (Phi) is 6.31. The minimum atomic E-state index is -0.521. The number of benzene rings is 1. The second-order valence-corrected chi connectivity index (χ2v) is 8.53. The van der Waals surface area contributed by atoms with Crippen LogP contribution in [0.5, 0.6) is 0 Å². The average Bonchev–Trinajstić information content (AvgIpc) is 3.06. The minimum Gasteiger partial charge on any atom is -0.366 e. The molecule has 3 N–H and O–H groups in total. The molecule has 0 aliphatic carbocycles. The quantitative estimate of drug-likeness (QED) is 0.579. The molecule has 2 amide bonds. The lowest BCUT2D eigenvalue weighted by molar-refractivity contribution is -0.118. The zero-order chi connectivity index (χ0) is 20.3. The lowest BCUT2D eigenvalue weighted by Crippen LogP contribution is -2.27. The molecule has 6 nitrogen and oxygen atoms in total. The van der Waals surface area contributed by atoms with E-state index in [1.165, 1.54) is 11.8 Å². The van der Waals surface area contributed by atoms with E-state index in [1.807, 2.05) is 45.0 Å². The molecule has 2 aromatic heterocycles. The highest BCUT2D eigenvalue weighted by molar-refractivity contribution is 8.00. The van der Waals surface area contributed by atoms with E-state index >= 15 is 0 Å². The van der Waals surface area contributed by atoms with Crippen LogP contribution in [0.2, 0.25) is 0 Å². The number of carbonyl (C=O) groups is 2. The maximum atomic E-state index is 12.2. The molecule has 146 valence electrons. The Morgan fingerprint density at radius 1 is 1.14 bits per heavy atom. The summed E-state index contributed by atoms with van der Waals surface area (Å²) >= 11 is 2.87. The number of primary amides is 1. The fourth-order valence-electron chi connectivity index (χ4n) is 2.83. The number of fused-ring (bicyclic) bond motifs is 1. The molecule has 3 aromatic rings. The van der Waals surface area contributed by atoms with Crippen molar-refractivity contribution in [3.63, 3.8) is 0 Å². The third-order valence-corrected chi connectivity index (χ3v) is 6.62. The third kappa shape index (κ3) is 4.51. The first kappa shape index (κ1) is 20.3. The predicted molar refractivity (Wildman–Crippen MR) is 114 cm³/mol. The van der Waals surface area contributed by atoms with E-state index in [2.05, 4.69) is 15.3 Å². The summed E-state index contributed by atoms with van der Waals surface area (Å²) in [5.41, 5.74) is 9.50. The summed E-state index contributed by atoms with van der Waals surface area (Å²) in [7, 11) is 0. The van der Waals surface area contributed by atoms with Crippen LogP contribution in [-0.2, 0) is 11.2 Å². The van der Waals surface area contributed by atoms with Gasteiger partial charge in [-0.15, -0.1) is 11.3 Å². The molecule has 0 saturated heterocycles. The van der Waals surface area contributed by atoms with E-state index in [9.17, 15) is 9.59 Å². The SMILES string of the molecule is Cc1nc(SCC(=O)NCCc2nc3ccccc3s2)c(C(N)=O)c(C)c1C. The van der Waals surface area contributed by atoms with Gasteiger partial charge in [-0.05, 0) is 44.0 Å². The minimum absolute atomic E-state index is 0.112. The maximum absolute atomic E-state index is 12.2. The van der Waals surface area contributed by atoms with Crippen LogP contribution in [0.4, 0.5) is 0 Å². The van der Waals surface area contributed by atoms with Crippen LogP contribution in [0.15, 0.2) is 29.3 Å². The van der Waals surface area contributed by atoms with Gasteiger partial charge in [-0.2, -0.15) is 0 Å². The number of hydrogen-bond donors (Lipinski definition) is 2. The molecule has 0 fully saturated rings. The predicted octanol–water partition coefficient (Wildman–Crippen LogP) is 3.17. The van der Waals surface area contributed by atoms with Crippen molar-refractivity contribution in [3.8, 4) is 0 Å². The molecule has 0 bridgehead atoms. The van der Waals surface area contributed by atoms with Gasteiger partial charge in [-0.3, -0.25) is 9.59 Å². The molecule has 3 rings (SSSR count). The Balaban J connectivity index is 1.56. The molecule has 0 spiro atoms. The second kappa shape index (κ2) is 8.70. The largest absolute Gasteiger partial charge is 0.366 e. The molecule has 8 heteroatoms. The zero-order valence-corrected chi connectivity index (χ0v) is 17.7. The van der Waals surface area contributed by atoms with Crippen molar-refractivity contribution in [3.05, 3.63) is 51.7 Å². The highest BCUT2D eigenvalue weighted by Gasteiger charge is 2.18. The number of aryl methyl sites for hydroxylation is 1. The molecule has 2 heterocycles. The first-order valence-electron chi connectivity index (χ1n) is 8.88. The van der Waals surface area contributed by atoms with E-state index in [-0.39, 0.29) is 11.7 Å². The van der Waals surface area contributed by atoms with Crippen molar-refractivity contribution in [2.24, 2.45) is 5.73 Å². The summed E-state index contributed by atoms with van der Waals surface area (Å²) in [6.07, 6.45) is 0.684. The van der Waals surface area contributed by atoms with E-state index in [4.69, 9.17) is 5.73 Å². The molecule has 0 aliphatic rings. The Hall–Kier alpha value is -2.45. The number of hydrogen-bond acceptors (Lipinski definition) is 6. The van der Waals surface area contributed by atoms with Crippen molar-refractivity contribution in [1.29, 1.82) is 0 Å². The van der Waals surface area contributed by atoms with E-state index in [1.54, 1.807) is 11.3 Å². The van der Waals surface area contributed by atoms with Crippen LogP contribution >= 0.6 is 23.1 Å². The first-order valence-corrected chi connectivity index (χ1v) is 10.7. The lowest BCUT2D eigenvalue weighted by atomic mass is 10.0. The van der Waals surface area contributed by atoms with Gasteiger partial charge in [0, 0.05) is 18.7 Å². The smallest absolute Gasteiger partial charge is 0.251 e. The molecule has 0 unspecified atom stereocenters. The number of pyridine rings is 1. The van der Waals surface area contributed by atoms with Gasteiger partial charge in [0.05, 0.1) is 26.5 Å². The Labute approximate surface area is 172 Å². The number of amides is 2. The number of carbonyl (C=O) groups excluding carboxylic acids is 2. The number of thiazole rings is 1. The number of rotatable bonds is 7. The summed E-state index contributed by atoms with van der Waals surface area (Å²) in [4.78, 5) is 33.0. The Morgan fingerprint density at radius 3 is 2.61 bits per heavy atom. The normalized spacial score (nSPS) is 11.0. The average molecular weight is 415 g/mol. The Bertz CT molecular complexity index is 1010. The maximum Gasteiger partial charge on any atom is 0.251 e. The van der Waals surface area contributed by atoms with Gasteiger partial charge in [0.1, 0.15) is 5.03 Å². The van der Waals surface area contributed by atoms with Gasteiger partial charge in [0.25, 0.3) is 5.91 Å². The van der Waals surface area contributed by atoms with Gasteiger partial charge in [-0.1, -0.05) is 23.9 Å². The van der Waals surface area contributed by atoms with Crippen LogP contribution in [0.25, 0.3) is 10.2 Å². The second-order valence-electron chi connectivity index (χ2n) is 6.46. The molecular weight excluding hydrogens is 392 g/mol. The lowest BCUT2D eigenvalue weighted by Gasteiger charge is -2.13. The van der Waals surface area contributed by atoms with E-state index in [0.717, 1.165) is 32.0 Å². The zero-order valence-electron chi connectivity index (χ0n) is 16.0. The highest BCUT2D eigenvalue weighted by Crippen LogP contribution is 2.26. The highest BCUT2D eigenvalue weighted by atomic mass is 32.2. The van der Waals surface area contributed by atoms with Crippen LogP contribution in [-0.4, -0.2) is 34.1 Å². The van der Waals surface area contributed by atoms with Gasteiger partial charge >= 0.3 is 0 Å². The summed E-state index contributed by atoms with van der Waals surface area (Å²) < 4.78 is 1.15. The molecular formula is C20H22N4O2S2. The molecule has 0 saturated carbocycles. The number of nitrogens with zero attached hydrogens (tertiary/aromatic N) is 2. The van der Waals surface area contributed by atoms with Crippen molar-refractivity contribution < 1.29 is 9.59 Å². The molecule has 0 aliphatic heterocycles. The van der Waals surface area contributed by atoms with Crippen LogP contribution in [0, 0.1) is 20.8 Å². The van der Waals surface area contributed by atoms with Crippen LogP contribution in [0.3, 0.4) is 0 Å². The molecule has 0 atom stereocenters. The van der Waals surface area contributed by atoms with Crippen LogP contribution < -0.4 is 11.1 Å². The summed E-state index contributed by atoms with van der Waals surface area (Å²) in [5.74, 6) is -0.458. The number of thioether (sulfide) groups is 1. The molecule has 1 aromatic carbocycles. The number of para-hydroxylation sites is 1. The summed E-state index contributed by atoms with van der Waals surface area (Å²) in [6, 6.07) is 7.99. The van der Waals surface area contributed by atoms with Gasteiger partial charge in [0.15, 0.2) is 0 Å². The molecule has 28 heavy (non-hydrogen) atoms. The Morgan fingerprint density at radius 2 is 1.89 bits per heavy atom. The number of nitrogens with one attached hydrogen (secondary N) is 1. The summed E-state index contributed by atoms with van der Waals surface area (Å²) in [6.45, 7) is 6.16. The van der Waals surface area contributed by atoms with Crippen molar-refractivity contribution in [1.82, 2.24) is 15.3 Å². The fraction of sp³-hybridized carbons (Fsp3) is 0.300. The van der Waals surface area contributed by atoms with Gasteiger partial charge in [0.2, 0.25) is 5.91 Å². The number of nitrogens with two attached hydrogens (primary N) is 1. The monoisotopic (exact) mass is 414 g/mol. The molecule has 0 radical (unpaired) electrons. The van der Waals surface area contributed by atoms with Crippen molar-refractivity contribution in [2.75, 3.05) is 12.3 Å². The van der Waals surface area contributed by atoms with Gasteiger partial charge in [-0.25, -0.2) is 9.97 Å². The number of aromatic nitrogens is 2. The fourth-order valence-corrected chi connectivity index (χ4v) is 4.76. The van der Waals surface area contributed by atoms with E-state index < -0.39 is 5.91 Å².